The summed E-state index contributed by atoms with van der Waals surface area (Å²) in [7, 11) is 0. The van der Waals surface area contributed by atoms with Crippen LogP contribution in [0, 0.1) is 18.3 Å². The van der Waals surface area contributed by atoms with E-state index in [-0.39, 0.29) is 0 Å². The number of hydrogen-bond acceptors (Lipinski definition) is 6. The first-order valence-corrected chi connectivity index (χ1v) is 7.64. The van der Waals surface area contributed by atoms with Crippen LogP contribution in [-0.2, 0) is 0 Å². The molecule has 25 heavy (non-hydrogen) atoms. The highest BCUT2D eigenvalue weighted by Gasteiger charge is 2.05. The second-order valence-corrected chi connectivity index (χ2v) is 5.46. The second kappa shape index (κ2) is 6.02. The molecule has 120 valence electrons. The number of aromatic nitrogens is 5. The number of fused-ring (bicyclic) bond motifs is 1. The van der Waals surface area contributed by atoms with Crippen LogP contribution in [-0.4, -0.2) is 24.7 Å². The fraction of sp³-hybridized carbons (Fsp3) is 0.0556. The summed E-state index contributed by atoms with van der Waals surface area (Å²) in [6, 6.07) is 15.3. The van der Waals surface area contributed by atoms with Crippen LogP contribution >= 0.6 is 0 Å². The molecule has 2 heterocycles. The number of nitrogens with zero attached hydrogens (tertiary/aromatic N) is 6. The van der Waals surface area contributed by atoms with Gasteiger partial charge >= 0.3 is 0 Å². The maximum atomic E-state index is 9.21. The molecule has 0 aliphatic heterocycles. The van der Waals surface area contributed by atoms with Gasteiger partial charge in [-0.1, -0.05) is 12.1 Å². The number of hydrogen-bond donors (Lipinski definition) is 1. The molecule has 0 saturated heterocycles. The highest BCUT2D eigenvalue weighted by Crippen LogP contribution is 2.20. The van der Waals surface area contributed by atoms with E-state index < -0.39 is 0 Å². The zero-order chi connectivity index (χ0) is 17.2. The molecule has 0 amide bonds. The van der Waals surface area contributed by atoms with Crippen molar-refractivity contribution in [3.8, 4) is 11.8 Å². The number of nitrogens with one attached hydrogen (secondary N) is 1. The predicted molar refractivity (Wildman–Crippen MR) is 93.6 cm³/mol. The molecule has 2 aromatic heterocycles. The Morgan fingerprint density at radius 2 is 1.92 bits per heavy atom. The van der Waals surface area contributed by atoms with Crippen molar-refractivity contribution >= 4 is 22.5 Å². The van der Waals surface area contributed by atoms with E-state index in [1.54, 1.807) is 23.3 Å². The summed E-state index contributed by atoms with van der Waals surface area (Å²) < 4.78 is 1.71. The molecule has 0 spiro atoms. The van der Waals surface area contributed by atoms with Gasteiger partial charge in [0, 0.05) is 17.3 Å². The minimum absolute atomic E-state index is 0.444. The molecule has 4 aromatic rings. The van der Waals surface area contributed by atoms with Gasteiger partial charge in [-0.05, 0) is 37.3 Å². The Bertz CT molecular complexity index is 1090. The molecule has 0 bridgehead atoms. The van der Waals surface area contributed by atoms with E-state index in [4.69, 9.17) is 0 Å². The van der Waals surface area contributed by atoms with Crippen LogP contribution in [0.4, 0.5) is 11.6 Å². The molecule has 1 N–H and O–H groups in total. The van der Waals surface area contributed by atoms with Crippen LogP contribution in [0.3, 0.4) is 0 Å². The molecule has 4 rings (SSSR count). The predicted octanol–water partition coefficient (Wildman–Crippen LogP) is 3.13. The molecule has 2 aromatic carbocycles. The molecular formula is C18H13N7. The number of benzene rings is 2. The Morgan fingerprint density at radius 1 is 1.08 bits per heavy atom. The monoisotopic (exact) mass is 327 g/mol. The van der Waals surface area contributed by atoms with Crippen molar-refractivity contribution < 1.29 is 0 Å². The molecule has 0 fully saturated rings. The molecule has 7 nitrogen and oxygen atoms in total. The van der Waals surface area contributed by atoms with Crippen LogP contribution < -0.4 is 5.32 Å². The highest BCUT2D eigenvalue weighted by molar-refractivity contribution is 5.84. The van der Waals surface area contributed by atoms with Gasteiger partial charge in [-0.2, -0.15) is 10.4 Å². The van der Waals surface area contributed by atoms with Gasteiger partial charge in [0.15, 0.2) is 0 Å². The van der Waals surface area contributed by atoms with E-state index in [9.17, 15) is 5.26 Å². The first-order chi connectivity index (χ1) is 12.2. The highest BCUT2D eigenvalue weighted by atomic mass is 15.3. The smallest absolute Gasteiger partial charge is 0.227 e. The lowest BCUT2D eigenvalue weighted by Crippen LogP contribution is -1.99. The summed E-state index contributed by atoms with van der Waals surface area (Å²) in [6.07, 6.45) is 3.38. The van der Waals surface area contributed by atoms with Crippen molar-refractivity contribution in [3.05, 3.63) is 66.4 Å². The largest absolute Gasteiger partial charge is 0.324 e. The van der Waals surface area contributed by atoms with Gasteiger partial charge < -0.3 is 5.32 Å². The summed E-state index contributed by atoms with van der Waals surface area (Å²) in [5.74, 6) is 1.17. The van der Waals surface area contributed by atoms with Gasteiger partial charge in [0.1, 0.15) is 18.2 Å². The lowest BCUT2D eigenvalue weighted by Gasteiger charge is -2.07. The topological polar surface area (TPSA) is 92.3 Å². The van der Waals surface area contributed by atoms with Crippen LogP contribution in [0.5, 0.6) is 0 Å². The van der Waals surface area contributed by atoms with Gasteiger partial charge in [0.05, 0.1) is 16.8 Å². The number of anilines is 2. The standard InChI is InChI=1S/C18H13N7/c1-12-21-11-25(24-12)16-7-5-15(6-8-16)22-18-20-10-14-4-2-3-13(9-19)17(14)23-18/h2-8,10-11H,1H3,(H,20,22,23). The average Bonchev–Trinajstić information content (AvgIpc) is 3.08. The van der Waals surface area contributed by atoms with E-state index >= 15 is 0 Å². The summed E-state index contributed by atoms with van der Waals surface area (Å²) >= 11 is 0. The lowest BCUT2D eigenvalue weighted by atomic mass is 10.1. The first kappa shape index (κ1) is 14.8. The van der Waals surface area contributed by atoms with Gasteiger partial charge in [-0.15, -0.1) is 0 Å². The third kappa shape index (κ3) is 2.88. The first-order valence-electron chi connectivity index (χ1n) is 7.64. The summed E-state index contributed by atoms with van der Waals surface area (Å²) in [5.41, 5.74) is 2.92. The lowest BCUT2D eigenvalue weighted by molar-refractivity contribution is 0.863. The van der Waals surface area contributed by atoms with E-state index in [0.717, 1.165) is 22.6 Å². The van der Waals surface area contributed by atoms with Gasteiger partial charge in [-0.25, -0.2) is 19.6 Å². The van der Waals surface area contributed by atoms with Gasteiger partial charge in [0.2, 0.25) is 5.95 Å². The summed E-state index contributed by atoms with van der Waals surface area (Å²) in [4.78, 5) is 12.9. The molecule has 0 atom stereocenters. The Hall–Kier alpha value is -3.79. The second-order valence-electron chi connectivity index (χ2n) is 5.46. The van der Waals surface area contributed by atoms with E-state index in [0.29, 0.717) is 17.0 Å². The summed E-state index contributed by atoms with van der Waals surface area (Å²) in [6.45, 7) is 1.85. The molecular weight excluding hydrogens is 314 g/mol. The van der Waals surface area contributed by atoms with Crippen molar-refractivity contribution in [3.63, 3.8) is 0 Å². The van der Waals surface area contributed by atoms with E-state index in [1.165, 1.54) is 0 Å². The Morgan fingerprint density at radius 3 is 2.64 bits per heavy atom. The van der Waals surface area contributed by atoms with Gasteiger partial charge in [-0.3, -0.25) is 0 Å². The number of rotatable bonds is 3. The van der Waals surface area contributed by atoms with Crippen LogP contribution in [0.15, 0.2) is 55.0 Å². The molecule has 0 unspecified atom stereocenters. The van der Waals surface area contributed by atoms with Gasteiger partial charge in [0.25, 0.3) is 0 Å². The van der Waals surface area contributed by atoms with E-state index in [2.05, 4.69) is 31.4 Å². The molecule has 0 aliphatic rings. The van der Waals surface area contributed by atoms with Crippen LogP contribution in [0.25, 0.3) is 16.6 Å². The quantitative estimate of drug-likeness (QED) is 0.621. The third-order valence-corrected chi connectivity index (χ3v) is 3.73. The zero-order valence-corrected chi connectivity index (χ0v) is 13.4. The maximum absolute atomic E-state index is 9.21. The Balaban J connectivity index is 1.62. The maximum Gasteiger partial charge on any atom is 0.227 e. The SMILES string of the molecule is Cc1ncn(-c2ccc(Nc3ncc4cccc(C#N)c4n3)cc2)n1. The Labute approximate surface area is 143 Å². The number of para-hydroxylation sites is 1. The normalized spacial score (nSPS) is 10.6. The van der Waals surface area contributed by atoms with Crippen molar-refractivity contribution in [1.82, 2.24) is 24.7 Å². The average molecular weight is 327 g/mol. The van der Waals surface area contributed by atoms with Crippen LogP contribution in [0.1, 0.15) is 11.4 Å². The molecule has 0 radical (unpaired) electrons. The van der Waals surface area contributed by atoms with Crippen molar-refractivity contribution in [2.75, 3.05) is 5.32 Å². The number of aryl methyl sites for hydroxylation is 1. The molecule has 0 aliphatic carbocycles. The number of nitriles is 1. The Kier molecular flexibility index (Phi) is 3.56. The molecule has 7 heteroatoms. The van der Waals surface area contributed by atoms with Crippen molar-refractivity contribution in [2.24, 2.45) is 0 Å². The zero-order valence-electron chi connectivity index (χ0n) is 13.4. The fourth-order valence-corrected chi connectivity index (χ4v) is 2.50. The minimum atomic E-state index is 0.444. The fourth-order valence-electron chi connectivity index (χ4n) is 2.50. The van der Waals surface area contributed by atoms with Crippen molar-refractivity contribution in [2.45, 2.75) is 6.92 Å². The van der Waals surface area contributed by atoms with Crippen LogP contribution in [0.2, 0.25) is 0 Å². The summed E-state index contributed by atoms with van der Waals surface area (Å²) in [5, 5.41) is 17.5. The minimum Gasteiger partial charge on any atom is -0.324 e. The van der Waals surface area contributed by atoms with E-state index in [1.807, 2.05) is 43.3 Å². The molecule has 0 saturated carbocycles. The third-order valence-electron chi connectivity index (χ3n) is 3.73. The van der Waals surface area contributed by atoms with Crippen molar-refractivity contribution in [1.29, 1.82) is 5.26 Å².